The lowest BCUT2D eigenvalue weighted by Crippen LogP contribution is -2.47. The summed E-state index contributed by atoms with van der Waals surface area (Å²) in [5.74, 6) is -1.11. The Hall–Kier alpha value is -3.07. The van der Waals surface area contributed by atoms with Crippen LogP contribution in [0.25, 0.3) is 10.9 Å². The smallest absolute Gasteiger partial charge is 0.422 e. The molecule has 3 aromatic rings. The molecule has 0 fully saturated rings. The lowest BCUT2D eigenvalue weighted by atomic mass is 9.82. The van der Waals surface area contributed by atoms with E-state index in [0.29, 0.717) is 29.4 Å². The monoisotopic (exact) mass is 463 g/mol. The van der Waals surface area contributed by atoms with Crippen LogP contribution in [0.2, 0.25) is 0 Å². The van der Waals surface area contributed by atoms with Crippen molar-refractivity contribution in [3.8, 4) is 5.75 Å². The van der Waals surface area contributed by atoms with Gasteiger partial charge in [0.05, 0.1) is 18.3 Å². The van der Waals surface area contributed by atoms with Crippen molar-refractivity contribution >= 4 is 22.8 Å². The number of ether oxygens (including phenoxy) is 1. The molecule has 1 heterocycles. The summed E-state index contributed by atoms with van der Waals surface area (Å²) in [5.41, 5.74) is -2.26. The van der Waals surface area contributed by atoms with Crippen LogP contribution in [-0.2, 0) is 0 Å². The Balaban J connectivity index is 2.03. The zero-order valence-corrected chi connectivity index (χ0v) is 18.5. The van der Waals surface area contributed by atoms with Gasteiger partial charge < -0.3 is 9.84 Å². The van der Waals surface area contributed by atoms with Crippen molar-refractivity contribution in [1.82, 2.24) is 9.97 Å². The summed E-state index contributed by atoms with van der Waals surface area (Å²) in [6, 6.07) is 8.94. The Morgan fingerprint density at radius 3 is 2.58 bits per heavy atom. The fraction of sp³-hybridized carbons (Fsp3) is 0.375. The number of aromatic nitrogens is 2. The van der Waals surface area contributed by atoms with E-state index in [2.05, 4.69) is 15.0 Å². The molecule has 0 aliphatic rings. The average Bonchev–Trinajstić information content (AvgIpc) is 2.76. The molecule has 0 aliphatic carbocycles. The van der Waals surface area contributed by atoms with E-state index < -0.39 is 29.9 Å². The van der Waals surface area contributed by atoms with Crippen LogP contribution < -0.4 is 4.74 Å². The number of benzene rings is 2. The van der Waals surface area contributed by atoms with Crippen LogP contribution >= 0.6 is 0 Å². The van der Waals surface area contributed by atoms with Crippen molar-refractivity contribution in [1.29, 1.82) is 0 Å². The minimum atomic E-state index is -5.01. The summed E-state index contributed by atoms with van der Waals surface area (Å²) >= 11 is 0. The van der Waals surface area contributed by atoms with Gasteiger partial charge in [-0.3, -0.25) is 4.99 Å². The van der Waals surface area contributed by atoms with E-state index >= 15 is 0 Å². The van der Waals surface area contributed by atoms with Gasteiger partial charge in [0.15, 0.2) is 17.2 Å². The van der Waals surface area contributed by atoms with E-state index in [-0.39, 0.29) is 23.4 Å². The molecule has 2 atom stereocenters. The molecule has 0 bridgehead atoms. The summed E-state index contributed by atoms with van der Waals surface area (Å²) in [7, 11) is 1.26. The molecule has 5 nitrogen and oxygen atoms in total. The summed E-state index contributed by atoms with van der Waals surface area (Å²) in [6.07, 6.45) is -2.96. The number of halogens is 4. The fourth-order valence-electron chi connectivity index (χ4n) is 3.82. The molecule has 0 aliphatic heterocycles. The zero-order valence-electron chi connectivity index (χ0n) is 18.5. The van der Waals surface area contributed by atoms with Crippen molar-refractivity contribution < 1.29 is 27.4 Å². The predicted octanol–water partition coefficient (Wildman–Crippen LogP) is 6.06. The molecule has 0 amide bonds. The van der Waals surface area contributed by atoms with E-state index in [1.54, 1.807) is 26.0 Å². The number of para-hydroxylation sites is 1. The molecule has 2 unspecified atom stereocenters. The molecular formula is C24H25F4N3O2. The second kappa shape index (κ2) is 9.82. The van der Waals surface area contributed by atoms with Gasteiger partial charge in [-0.1, -0.05) is 31.5 Å². The van der Waals surface area contributed by atoms with Crippen molar-refractivity contribution in [2.24, 2.45) is 4.99 Å². The third-order valence-corrected chi connectivity index (χ3v) is 5.47. The quantitative estimate of drug-likeness (QED) is 0.326. The molecule has 0 saturated carbocycles. The maximum atomic E-state index is 14.2. The molecule has 176 valence electrons. The van der Waals surface area contributed by atoms with Crippen LogP contribution in [0.15, 0.2) is 47.6 Å². The zero-order chi connectivity index (χ0) is 24.2. The third kappa shape index (κ3) is 5.30. The molecular weight excluding hydrogens is 438 g/mol. The van der Waals surface area contributed by atoms with Crippen molar-refractivity contribution in [3.63, 3.8) is 0 Å². The highest BCUT2D eigenvalue weighted by Gasteiger charge is 2.54. The number of aliphatic imine (C=N–C) groups is 1. The van der Waals surface area contributed by atoms with Gasteiger partial charge >= 0.3 is 6.18 Å². The Morgan fingerprint density at radius 1 is 1.18 bits per heavy atom. The van der Waals surface area contributed by atoms with Gasteiger partial charge in [0.1, 0.15) is 5.82 Å². The summed E-state index contributed by atoms with van der Waals surface area (Å²) in [6.45, 7) is 3.50. The largest absolute Gasteiger partial charge is 0.493 e. The van der Waals surface area contributed by atoms with Crippen LogP contribution in [0.1, 0.15) is 43.5 Å². The van der Waals surface area contributed by atoms with E-state index in [9.17, 15) is 22.7 Å². The van der Waals surface area contributed by atoms with Crippen LogP contribution in [0.3, 0.4) is 0 Å². The highest BCUT2D eigenvalue weighted by Crippen LogP contribution is 2.42. The van der Waals surface area contributed by atoms with Crippen LogP contribution in [0, 0.1) is 12.7 Å². The molecule has 0 radical (unpaired) electrons. The highest BCUT2D eigenvalue weighted by molar-refractivity contribution is 5.91. The van der Waals surface area contributed by atoms with Crippen LogP contribution in [0.4, 0.5) is 23.2 Å². The van der Waals surface area contributed by atoms with Gasteiger partial charge in [-0.25, -0.2) is 14.4 Å². The number of methoxy groups -OCH3 is 1. The second-order valence-corrected chi connectivity index (χ2v) is 7.86. The normalized spacial score (nSPS) is 15.0. The summed E-state index contributed by atoms with van der Waals surface area (Å²) < 4.78 is 61.6. The van der Waals surface area contributed by atoms with E-state index in [0.717, 1.165) is 0 Å². The number of aliphatic hydroxyl groups is 1. The number of aryl methyl sites for hydroxylation is 1. The number of fused-ring (bicyclic) bond motifs is 1. The van der Waals surface area contributed by atoms with E-state index in [1.165, 1.54) is 37.6 Å². The average molecular weight is 463 g/mol. The lowest BCUT2D eigenvalue weighted by Gasteiger charge is -2.31. The summed E-state index contributed by atoms with van der Waals surface area (Å²) in [4.78, 5) is 12.3. The maximum Gasteiger partial charge on any atom is 0.422 e. The molecule has 33 heavy (non-hydrogen) atoms. The van der Waals surface area contributed by atoms with E-state index in [4.69, 9.17) is 4.74 Å². The Kier molecular flexibility index (Phi) is 7.31. The maximum absolute atomic E-state index is 14.2. The Labute approximate surface area is 189 Å². The minimum absolute atomic E-state index is 0.126. The number of hydrogen-bond acceptors (Lipinski definition) is 5. The minimum Gasteiger partial charge on any atom is -0.493 e. The first-order chi connectivity index (χ1) is 15.6. The number of hydrogen-bond donors (Lipinski definition) is 1. The van der Waals surface area contributed by atoms with Gasteiger partial charge in [-0.2, -0.15) is 13.2 Å². The van der Waals surface area contributed by atoms with Gasteiger partial charge in [0, 0.05) is 23.4 Å². The number of rotatable bonds is 8. The van der Waals surface area contributed by atoms with E-state index in [1.807, 2.05) is 0 Å². The van der Waals surface area contributed by atoms with Crippen molar-refractivity contribution in [3.05, 3.63) is 59.8 Å². The highest BCUT2D eigenvalue weighted by atomic mass is 19.4. The van der Waals surface area contributed by atoms with Gasteiger partial charge in [0.25, 0.3) is 0 Å². The SMILES string of the molecule is CCCC(CC(O)(C=Nc1cccc2nc(C)ncc12)C(F)(F)F)c1cccc(F)c1OC. The number of nitrogens with zero attached hydrogens (tertiary/aromatic N) is 3. The first kappa shape index (κ1) is 24.6. The van der Waals surface area contributed by atoms with Gasteiger partial charge in [0.2, 0.25) is 0 Å². The van der Waals surface area contributed by atoms with Crippen LogP contribution in [0.5, 0.6) is 5.75 Å². The first-order valence-corrected chi connectivity index (χ1v) is 10.5. The standard InChI is InChI=1S/C24H25F4N3O2/c1-4-7-16(17-8-5-9-19(25)22(17)33-3)12-23(32,24(26,27)28)14-30-20-10-6-11-21-18(20)13-29-15(2)31-21/h5-6,8-11,13-14,16,32H,4,7,12H2,1-3H3. The van der Waals surface area contributed by atoms with Gasteiger partial charge in [-0.15, -0.1) is 0 Å². The lowest BCUT2D eigenvalue weighted by molar-refractivity contribution is -0.232. The third-order valence-electron chi connectivity index (χ3n) is 5.47. The van der Waals surface area contributed by atoms with Crippen molar-refractivity contribution in [2.45, 2.75) is 50.8 Å². The molecule has 1 aromatic heterocycles. The molecule has 0 saturated heterocycles. The Bertz CT molecular complexity index is 1150. The van der Waals surface area contributed by atoms with Gasteiger partial charge in [-0.05, 0) is 43.9 Å². The topological polar surface area (TPSA) is 67.6 Å². The number of alkyl halides is 3. The first-order valence-electron chi connectivity index (χ1n) is 10.5. The summed E-state index contributed by atoms with van der Waals surface area (Å²) in [5, 5.41) is 11.2. The Morgan fingerprint density at radius 2 is 1.91 bits per heavy atom. The predicted molar refractivity (Wildman–Crippen MR) is 119 cm³/mol. The van der Waals surface area contributed by atoms with Crippen molar-refractivity contribution in [2.75, 3.05) is 7.11 Å². The molecule has 9 heteroatoms. The van der Waals surface area contributed by atoms with Crippen LogP contribution in [-0.4, -0.2) is 40.2 Å². The second-order valence-electron chi connectivity index (χ2n) is 7.86. The molecule has 0 spiro atoms. The molecule has 1 N–H and O–H groups in total. The molecule has 3 rings (SSSR count). The fourth-order valence-corrected chi connectivity index (χ4v) is 3.82. The molecule has 2 aromatic carbocycles.